The minimum absolute atomic E-state index is 0.0758. The van der Waals surface area contributed by atoms with Gasteiger partial charge in [-0.15, -0.1) is 0 Å². The quantitative estimate of drug-likeness (QED) is 0.270. The number of benzene rings is 2. The molecule has 212 valence electrons. The first-order chi connectivity index (χ1) is 18.2. The summed E-state index contributed by atoms with van der Waals surface area (Å²) in [4.78, 5) is 23.3. The van der Waals surface area contributed by atoms with Crippen molar-refractivity contribution in [3.63, 3.8) is 0 Å². The highest BCUT2D eigenvalue weighted by Crippen LogP contribution is 2.57. The van der Waals surface area contributed by atoms with Gasteiger partial charge in [-0.3, -0.25) is 9.59 Å². The van der Waals surface area contributed by atoms with Gasteiger partial charge in [0, 0.05) is 30.3 Å². The molecular weight excluding hydrogens is 567 g/mol. The summed E-state index contributed by atoms with van der Waals surface area (Å²) in [5.41, 5.74) is -2.38. The second kappa shape index (κ2) is 10.7. The van der Waals surface area contributed by atoms with E-state index in [0.29, 0.717) is 18.6 Å². The lowest BCUT2D eigenvalue weighted by Crippen LogP contribution is -2.70. The Kier molecular flexibility index (Phi) is 8.03. The molecule has 3 unspecified atom stereocenters. The zero-order valence-corrected chi connectivity index (χ0v) is 22.0. The Hall–Kier alpha value is -2.71. The molecule has 0 aliphatic heterocycles. The first-order valence-electron chi connectivity index (χ1n) is 11.9. The van der Waals surface area contributed by atoms with E-state index in [2.05, 4.69) is 10.1 Å². The number of aliphatic hydroxyl groups is 3. The molecule has 0 spiro atoms. The maximum absolute atomic E-state index is 13.5. The number of carbonyl (C=O) groups excluding carboxylic acids is 2. The van der Waals surface area contributed by atoms with Gasteiger partial charge in [0.15, 0.2) is 27.3 Å². The molecule has 2 aromatic rings. The zero-order valence-electron chi connectivity index (χ0n) is 20.4. The number of hydrogen-bond acceptors (Lipinski definition) is 8. The van der Waals surface area contributed by atoms with Crippen molar-refractivity contribution >= 4 is 39.0 Å². The molecule has 5 rings (SSSR count). The smallest absolute Gasteiger partial charge is 0.302 e. The minimum Gasteiger partial charge on any atom is -0.463 e. The molecule has 2 aromatic carbocycles. The predicted molar refractivity (Wildman–Crippen MR) is 131 cm³/mol. The topological polar surface area (TPSA) is 150 Å². The van der Waals surface area contributed by atoms with Crippen LogP contribution in [-0.2, 0) is 19.4 Å². The summed E-state index contributed by atoms with van der Waals surface area (Å²) < 4.78 is 71.9. The average Bonchev–Trinajstić information content (AvgIpc) is 2.89. The number of fused-ring (bicyclic) bond motifs is 2. The molecule has 9 nitrogen and oxygen atoms in total. The van der Waals surface area contributed by atoms with Gasteiger partial charge in [0.1, 0.15) is 18.8 Å². The van der Waals surface area contributed by atoms with E-state index in [1.807, 2.05) is 0 Å². The Morgan fingerprint density at radius 3 is 2.26 bits per heavy atom. The van der Waals surface area contributed by atoms with Crippen molar-refractivity contribution in [3.05, 3.63) is 58.4 Å². The van der Waals surface area contributed by atoms with Crippen LogP contribution in [0.1, 0.15) is 36.5 Å². The summed E-state index contributed by atoms with van der Waals surface area (Å²) in [6, 6.07) is 4.51. The Bertz CT molecular complexity index is 1390. The van der Waals surface area contributed by atoms with E-state index in [9.17, 15) is 46.5 Å². The van der Waals surface area contributed by atoms with Crippen LogP contribution in [0.2, 0.25) is 5.02 Å². The van der Waals surface area contributed by atoms with Crippen molar-refractivity contribution in [2.45, 2.75) is 54.1 Å². The number of aliphatic hydroxyl groups excluding tert-OH is 2. The maximum atomic E-state index is 13.5. The first-order valence-corrected chi connectivity index (χ1v) is 13.8. The monoisotopic (exact) mass is 591 g/mol. The van der Waals surface area contributed by atoms with Gasteiger partial charge >= 0.3 is 5.97 Å². The van der Waals surface area contributed by atoms with E-state index in [1.165, 1.54) is 12.1 Å². The minimum atomic E-state index is -4.17. The normalized spacial score (nSPS) is 25.8. The molecule has 0 heterocycles. The summed E-state index contributed by atoms with van der Waals surface area (Å²) in [5, 5.41) is 32.8. The molecule has 0 aromatic heterocycles. The molecule has 39 heavy (non-hydrogen) atoms. The SMILES string of the molecule is CC(=O)OCC(O)[C@@H](O)C1(O)C2CC1CC(S(=O)(=O)c1cc(C(=O)Nc3cc(F)c(F)c(F)c3)ccc1Cl)C2. The first kappa shape index (κ1) is 29.3. The summed E-state index contributed by atoms with van der Waals surface area (Å²) in [7, 11) is -4.17. The number of halogens is 4. The number of nitrogens with one attached hydrogen (secondary N) is 1. The third-order valence-corrected chi connectivity index (χ3v) is 10.1. The molecule has 0 saturated heterocycles. The highest BCUT2D eigenvalue weighted by Gasteiger charge is 2.64. The lowest BCUT2D eigenvalue weighted by Gasteiger charge is -2.60. The third-order valence-electron chi connectivity index (χ3n) is 7.45. The fourth-order valence-corrected chi connectivity index (χ4v) is 7.81. The van der Waals surface area contributed by atoms with Gasteiger partial charge in [-0.05, 0) is 49.3 Å². The molecule has 0 radical (unpaired) electrons. The third kappa shape index (κ3) is 5.38. The lowest BCUT2D eigenvalue weighted by atomic mass is 9.51. The summed E-state index contributed by atoms with van der Waals surface area (Å²) in [6.07, 6.45) is -3.01. The van der Waals surface area contributed by atoms with Crippen LogP contribution in [0.4, 0.5) is 18.9 Å². The number of anilines is 1. The van der Waals surface area contributed by atoms with Crippen LogP contribution in [0.5, 0.6) is 0 Å². The molecule has 3 aliphatic rings. The molecule has 3 saturated carbocycles. The van der Waals surface area contributed by atoms with E-state index in [0.717, 1.165) is 13.0 Å². The molecule has 4 N–H and O–H groups in total. The highest BCUT2D eigenvalue weighted by atomic mass is 35.5. The molecule has 2 bridgehead atoms. The summed E-state index contributed by atoms with van der Waals surface area (Å²) >= 11 is 6.16. The second-order valence-corrected chi connectivity index (χ2v) is 12.4. The Morgan fingerprint density at radius 2 is 1.69 bits per heavy atom. The van der Waals surface area contributed by atoms with Crippen LogP contribution in [0.25, 0.3) is 0 Å². The fourth-order valence-electron chi connectivity index (χ4n) is 5.41. The molecule has 3 fully saturated rings. The van der Waals surface area contributed by atoms with Crippen molar-refractivity contribution in [3.8, 4) is 0 Å². The number of ether oxygens (including phenoxy) is 1. The standard InChI is InChI=1S/C25H25ClF3NO8S/c1-11(31)38-10-20(32)23(33)25(35)13-5-14(25)7-16(6-13)39(36,37)21-4-12(2-3-17(21)26)24(34)30-15-8-18(27)22(29)19(28)9-15/h2-4,8-9,13-14,16,20,23,32-33,35H,5-7,10H2,1H3,(H,30,34)/t13?,14?,16?,20?,23-,25?/m1/s1. The summed E-state index contributed by atoms with van der Waals surface area (Å²) in [6.45, 7) is 0.579. The van der Waals surface area contributed by atoms with Crippen molar-refractivity contribution in [2.24, 2.45) is 11.8 Å². The van der Waals surface area contributed by atoms with E-state index in [-0.39, 0.29) is 28.3 Å². The van der Waals surface area contributed by atoms with Crippen LogP contribution in [-0.4, -0.2) is 65.3 Å². The van der Waals surface area contributed by atoms with Gasteiger partial charge in [0.2, 0.25) is 0 Å². The largest absolute Gasteiger partial charge is 0.463 e. The van der Waals surface area contributed by atoms with Crippen LogP contribution >= 0.6 is 11.6 Å². The average molecular weight is 592 g/mol. The number of hydrogen-bond donors (Lipinski definition) is 4. The van der Waals surface area contributed by atoms with Gasteiger partial charge in [-0.1, -0.05) is 11.6 Å². The van der Waals surface area contributed by atoms with Crippen molar-refractivity contribution in [2.75, 3.05) is 11.9 Å². The second-order valence-electron chi connectivity index (χ2n) is 9.82. The van der Waals surface area contributed by atoms with Gasteiger partial charge in [-0.2, -0.15) is 0 Å². The number of sulfone groups is 1. The molecule has 4 atom stereocenters. The zero-order chi connectivity index (χ0) is 28.9. The van der Waals surface area contributed by atoms with Gasteiger partial charge < -0.3 is 25.4 Å². The van der Waals surface area contributed by atoms with Crippen LogP contribution < -0.4 is 5.32 Å². The van der Waals surface area contributed by atoms with Crippen LogP contribution in [0, 0.1) is 29.3 Å². The molecule has 1 amide bonds. The van der Waals surface area contributed by atoms with E-state index >= 15 is 0 Å². The Labute approximate surface area is 226 Å². The molecule has 14 heteroatoms. The number of amides is 1. The van der Waals surface area contributed by atoms with Gasteiger partial charge in [0.05, 0.1) is 20.8 Å². The number of esters is 1. The van der Waals surface area contributed by atoms with E-state index < -0.39 is 86.4 Å². The van der Waals surface area contributed by atoms with Crippen molar-refractivity contribution < 1.29 is 51.2 Å². The maximum Gasteiger partial charge on any atom is 0.302 e. The van der Waals surface area contributed by atoms with E-state index in [1.54, 1.807) is 0 Å². The summed E-state index contributed by atoms with van der Waals surface area (Å²) in [5.74, 6) is -7.75. The van der Waals surface area contributed by atoms with Crippen LogP contribution in [0.3, 0.4) is 0 Å². The van der Waals surface area contributed by atoms with Crippen molar-refractivity contribution in [1.29, 1.82) is 0 Å². The molecular formula is C25H25ClF3NO8S. The predicted octanol–water partition coefficient (Wildman–Crippen LogP) is 2.60. The van der Waals surface area contributed by atoms with Gasteiger partial charge in [-0.25, -0.2) is 21.6 Å². The highest BCUT2D eigenvalue weighted by molar-refractivity contribution is 7.92. The molecule has 3 aliphatic carbocycles. The fraction of sp³-hybridized carbons (Fsp3) is 0.440. The Morgan fingerprint density at radius 1 is 1.10 bits per heavy atom. The van der Waals surface area contributed by atoms with E-state index in [4.69, 9.17) is 11.6 Å². The Balaban J connectivity index is 1.51. The lowest BCUT2D eigenvalue weighted by molar-refractivity contribution is -0.254. The van der Waals surface area contributed by atoms with Crippen LogP contribution in [0.15, 0.2) is 35.2 Å². The number of rotatable bonds is 8. The van der Waals surface area contributed by atoms with Gasteiger partial charge in [0.25, 0.3) is 5.91 Å². The van der Waals surface area contributed by atoms with Crippen molar-refractivity contribution in [1.82, 2.24) is 0 Å². The number of carbonyl (C=O) groups is 2.